The maximum atomic E-state index is 5.94. The lowest BCUT2D eigenvalue weighted by Crippen LogP contribution is -2.50. The van der Waals surface area contributed by atoms with Crippen LogP contribution in [0.2, 0.25) is 0 Å². The van der Waals surface area contributed by atoms with Gasteiger partial charge in [0.05, 0.1) is 0 Å². The first-order valence-electron chi connectivity index (χ1n) is 6.54. The molecule has 4 rings (SSSR count). The van der Waals surface area contributed by atoms with Gasteiger partial charge in [-0.1, -0.05) is 0 Å². The molecule has 2 N–H and O–H groups in total. The first-order valence-corrected chi connectivity index (χ1v) is 7.83. The summed E-state index contributed by atoms with van der Waals surface area (Å²) in [4.78, 5) is 0. The molecule has 15 heavy (non-hydrogen) atoms. The SMILES string of the molecule is CSC(CN)C1C2CC3CC(C2)CC1C3. The molecular formula is C13H23NS. The van der Waals surface area contributed by atoms with Gasteiger partial charge in [-0.05, 0) is 67.9 Å². The summed E-state index contributed by atoms with van der Waals surface area (Å²) in [6, 6.07) is 0. The van der Waals surface area contributed by atoms with Crippen LogP contribution in [0.25, 0.3) is 0 Å². The molecule has 1 atom stereocenters. The zero-order chi connectivity index (χ0) is 10.4. The van der Waals surface area contributed by atoms with Crippen LogP contribution in [-0.4, -0.2) is 18.1 Å². The molecule has 0 aromatic carbocycles. The molecule has 4 fully saturated rings. The van der Waals surface area contributed by atoms with E-state index in [4.69, 9.17) is 5.73 Å². The summed E-state index contributed by atoms with van der Waals surface area (Å²) in [6.45, 7) is 0.897. The van der Waals surface area contributed by atoms with E-state index in [0.717, 1.165) is 41.4 Å². The molecule has 0 heterocycles. The van der Waals surface area contributed by atoms with Crippen molar-refractivity contribution in [2.24, 2.45) is 35.3 Å². The van der Waals surface area contributed by atoms with Crippen LogP contribution < -0.4 is 5.73 Å². The van der Waals surface area contributed by atoms with Gasteiger partial charge in [0.1, 0.15) is 0 Å². The van der Waals surface area contributed by atoms with E-state index in [2.05, 4.69) is 6.26 Å². The van der Waals surface area contributed by atoms with E-state index in [0.29, 0.717) is 0 Å². The Hall–Kier alpha value is 0.310. The van der Waals surface area contributed by atoms with Crippen LogP contribution in [0.15, 0.2) is 0 Å². The van der Waals surface area contributed by atoms with E-state index in [1.54, 1.807) is 6.42 Å². The minimum atomic E-state index is 0.750. The van der Waals surface area contributed by atoms with Gasteiger partial charge in [0.15, 0.2) is 0 Å². The van der Waals surface area contributed by atoms with Crippen LogP contribution in [0.3, 0.4) is 0 Å². The molecule has 0 spiro atoms. The largest absolute Gasteiger partial charge is 0.329 e. The molecule has 4 aliphatic carbocycles. The van der Waals surface area contributed by atoms with Crippen LogP contribution in [0, 0.1) is 29.6 Å². The van der Waals surface area contributed by atoms with Crippen LogP contribution in [0.4, 0.5) is 0 Å². The molecule has 2 heteroatoms. The molecule has 0 amide bonds. The van der Waals surface area contributed by atoms with Gasteiger partial charge in [0.2, 0.25) is 0 Å². The van der Waals surface area contributed by atoms with Crippen molar-refractivity contribution in [3.05, 3.63) is 0 Å². The van der Waals surface area contributed by atoms with Crippen molar-refractivity contribution in [3.63, 3.8) is 0 Å². The molecule has 86 valence electrons. The summed E-state index contributed by atoms with van der Waals surface area (Å²) in [5, 5.41) is 0.750. The number of rotatable bonds is 3. The Morgan fingerprint density at radius 1 is 1.07 bits per heavy atom. The first-order chi connectivity index (χ1) is 7.31. The fraction of sp³-hybridized carbons (Fsp3) is 1.00. The minimum absolute atomic E-state index is 0.750. The van der Waals surface area contributed by atoms with Crippen molar-refractivity contribution in [3.8, 4) is 0 Å². The average Bonchev–Trinajstić information content (AvgIpc) is 2.22. The molecule has 0 aliphatic heterocycles. The number of nitrogens with two attached hydrogens (primary N) is 1. The highest BCUT2D eigenvalue weighted by Crippen LogP contribution is 2.58. The predicted molar refractivity (Wildman–Crippen MR) is 66.9 cm³/mol. The quantitative estimate of drug-likeness (QED) is 0.799. The molecule has 4 bridgehead atoms. The zero-order valence-corrected chi connectivity index (χ0v) is 10.5. The van der Waals surface area contributed by atoms with E-state index in [1.807, 2.05) is 11.8 Å². The Kier molecular flexibility index (Phi) is 2.76. The normalized spacial score (nSPS) is 49.6. The van der Waals surface area contributed by atoms with Gasteiger partial charge in [-0.2, -0.15) is 11.8 Å². The summed E-state index contributed by atoms with van der Waals surface area (Å²) in [5.41, 5.74) is 5.94. The van der Waals surface area contributed by atoms with Crippen molar-refractivity contribution in [1.29, 1.82) is 0 Å². The van der Waals surface area contributed by atoms with Crippen LogP contribution in [0.1, 0.15) is 32.1 Å². The Bertz CT molecular complexity index is 209. The molecule has 0 saturated heterocycles. The van der Waals surface area contributed by atoms with Gasteiger partial charge in [0, 0.05) is 11.8 Å². The third-order valence-electron chi connectivity index (χ3n) is 5.26. The summed E-state index contributed by atoms with van der Waals surface area (Å²) >= 11 is 2.02. The highest BCUT2D eigenvalue weighted by atomic mass is 32.2. The van der Waals surface area contributed by atoms with Gasteiger partial charge in [-0.25, -0.2) is 0 Å². The Labute approximate surface area is 97.6 Å². The second kappa shape index (κ2) is 3.96. The summed E-state index contributed by atoms with van der Waals surface area (Å²) in [7, 11) is 0. The second-order valence-electron chi connectivity index (χ2n) is 6.02. The van der Waals surface area contributed by atoms with Crippen molar-refractivity contribution in [2.45, 2.75) is 37.4 Å². The first kappa shape index (κ1) is 10.5. The molecule has 4 aliphatic rings. The molecule has 0 aromatic heterocycles. The molecule has 0 aromatic rings. The van der Waals surface area contributed by atoms with E-state index < -0.39 is 0 Å². The smallest absolute Gasteiger partial charge is 0.0200 e. The predicted octanol–water partition coefficient (Wildman–Crippen LogP) is 2.75. The maximum absolute atomic E-state index is 5.94. The molecule has 1 nitrogen and oxygen atoms in total. The minimum Gasteiger partial charge on any atom is -0.329 e. The lowest BCUT2D eigenvalue weighted by molar-refractivity contribution is -0.0359. The van der Waals surface area contributed by atoms with Crippen molar-refractivity contribution >= 4 is 11.8 Å². The highest BCUT2D eigenvalue weighted by Gasteiger charge is 2.49. The van der Waals surface area contributed by atoms with Crippen LogP contribution in [0.5, 0.6) is 0 Å². The van der Waals surface area contributed by atoms with E-state index >= 15 is 0 Å². The Morgan fingerprint density at radius 2 is 1.60 bits per heavy atom. The van der Waals surface area contributed by atoms with Crippen LogP contribution in [-0.2, 0) is 0 Å². The maximum Gasteiger partial charge on any atom is 0.0200 e. The van der Waals surface area contributed by atoms with Crippen LogP contribution >= 0.6 is 11.8 Å². The van der Waals surface area contributed by atoms with Crippen molar-refractivity contribution in [2.75, 3.05) is 12.8 Å². The second-order valence-corrected chi connectivity index (χ2v) is 7.09. The molecular weight excluding hydrogens is 202 g/mol. The highest BCUT2D eigenvalue weighted by molar-refractivity contribution is 7.99. The van der Waals surface area contributed by atoms with Gasteiger partial charge in [-0.15, -0.1) is 0 Å². The topological polar surface area (TPSA) is 26.0 Å². The number of hydrogen-bond donors (Lipinski definition) is 1. The summed E-state index contributed by atoms with van der Waals surface area (Å²) in [5.74, 6) is 5.26. The standard InChI is InChI=1S/C13H23NS/c1-15-12(7-14)13-10-3-8-2-9(5-10)6-11(13)4-8/h8-13H,2-7,14H2,1H3. The molecule has 1 unspecified atom stereocenters. The fourth-order valence-corrected chi connectivity index (χ4v) is 5.94. The van der Waals surface area contributed by atoms with Gasteiger partial charge >= 0.3 is 0 Å². The lowest BCUT2D eigenvalue weighted by Gasteiger charge is -2.56. The van der Waals surface area contributed by atoms with E-state index in [9.17, 15) is 0 Å². The van der Waals surface area contributed by atoms with E-state index in [1.165, 1.54) is 25.7 Å². The third-order valence-corrected chi connectivity index (χ3v) is 6.38. The van der Waals surface area contributed by atoms with Gasteiger partial charge in [-0.3, -0.25) is 0 Å². The van der Waals surface area contributed by atoms with Crippen molar-refractivity contribution in [1.82, 2.24) is 0 Å². The fourth-order valence-electron chi connectivity index (χ4n) is 4.98. The molecule has 4 saturated carbocycles. The number of thioether (sulfide) groups is 1. The van der Waals surface area contributed by atoms with Gasteiger partial charge < -0.3 is 5.73 Å². The number of hydrogen-bond acceptors (Lipinski definition) is 2. The van der Waals surface area contributed by atoms with E-state index in [-0.39, 0.29) is 0 Å². The summed E-state index contributed by atoms with van der Waals surface area (Å²) in [6.07, 6.45) is 9.96. The Balaban J connectivity index is 1.79. The third kappa shape index (κ3) is 1.64. The Morgan fingerprint density at radius 3 is 2.00 bits per heavy atom. The van der Waals surface area contributed by atoms with Gasteiger partial charge in [0.25, 0.3) is 0 Å². The van der Waals surface area contributed by atoms with Crippen molar-refractivity contribution < 1.29 is 0 Å². The average molecular weight is 225 g/mol. The zero-order valence-electron chi connectivity index (χ0n) is 9.69. The lowest BCUT2D eigenvalue weighted by atomic mass is 9.51. The summed E-state index contributed by atoms with van der Waals surface area (Å²) < 4.78 is 0. The molecule has 0 radical (unpaired) electrons. The monoisotopic (exact) mass is 225 g/mol.